The Kier molecular flexibility index (Phi) is 7.08. The Hall–Kier alpha value is -2.19. The van der Waals surface area contributed by atoms with Crippen LogP contribution in [0.5, 0.6) is 11.5 Å². The maximum absolute atomic E-state index is 12.8. The molecule has 3 rings (SSSR count). The number of benzene rings is 1. The first-order chi connectivity index (χ1) is 14.0. The van der Waals surface area contributed by atoms with Crippen LogP contribution in [0.3, 0.4) is 0 Å². The van der Waals surface area contributed by atoms with Gasteiger partial charge in [-0.25, -0.2) is 9.79 Å². The third-order valence-electron chi connectivity index (χ3n) is 4.31. The van der Waals surface area contributed by atoms with E-state index >= 15 is 0 Å². The molecule has 1 atom stereocenters. The molecule has 1 aromatic rings. The number of amidine groups is 1. The summed E-state index contributed by atoms with van der Waals surface area (Å²) in [7, 11) is 0. The van der Waals surface area contributed by atoms with Crippen LogP contribution in [-0.2, 0) is 9.53 Å². The number of rotatable bonds is 8. The van der Waals surface area contributed by atoms with Crippen LogP contribution in [-0.4, -0.2) is 35.9 Å². The number of carbonyl (C=O) groups is 1. The lowest BCUT2D eigenvalue weighted by Gasteiger charge is -2.33. The number of hydrogen-bond donors (Lipinski definition) is 0. The number of esters is 1. The quantitative estimate of drug-likeness (QED) is 0.378. The summed E-state index contributed by atoms with van der Waals surface area (Å²) >= 11 is 5.12. The Labute approximate surface area is 183 Å². The van der Waals surface area contributed by atoms with E-state index in [4.69, 9.17) is 14.2 Å². The van der Waals surface area contributed by atoms with Gasteiger partial charge in [-0.15, -0.1) is 0 Å². The minimum absolute atomic E-state index is 0.297. The first-order valence-electron chi connectivity index (χ1n) is 9.29. The Morgan fingerprint density at radius 2 is 2.14 bits per heavy atom. The van der Waals surface area contributed by atoms with E-state index in [0.29, 0.717) is 42.6 Å². The standard InChI is InChI=1S/C21H23BrN2O4S/c1-5-9-28-19-15(22)11-14(12-16(19)26-6-2)18-17(20(25)27-7-3)13(4)23-21-24(18)8-10-29-21/h5,8,10-12,18H,1,6-7,9H2,2-4H3/t18-/m1/s1. The highest BCUT2D eigenvalue weighted by atomic mass is 79.9. The van der Waals surface area contributed by atoms with Crippen molar-refractivity contribution in [2.75, 3.05) is 19.8 Å². The van der Waals surface area contributed by atoms with Crippen molar-refractivity contribution in [2.24, 2.45) is 4.99 Å². The number of hydrogen-bond acceptors (Lipinski definition) is 7. The normalized spacial score (nSPS) is 17.7. The van der Waals surface area contributed by atoms with Gasteiger partial charge in [-0.2, -0.15) is 0 Å². The van der Waals surface area contributed by atoms with E-state index in [1.54, 1.807) is 13.0 Å². The lowest BCUT2D eigenvalue weighted by Crippen LogP contribution is -2.34. The van der Waals surface area contributed by atoms with Crippen molar-refractivity contribution in [3.8, 4) is 11.5 Å². The van der Waals surface area contributed by atoms with Crippen LogP contribution in [0.2, 0.25) is 0 Å². The van der Waals surface area contributed by atoms with E-state index < -0.39 is 0 Å². The highest BCUT2D eigenvalue weighted by Gasteiger charge is 2.38. The molecule has 8 heteroatoms. The predicted molar refractivity (Wildman–Crippen MR) is 119 cm³/mol. The SMILES string of the molecule is C=CCOc1c(Br)cc([C@@H]2C(C(=O)OCC)=C(C)N=C3SC=CN32)cc1OCC. The average molecular weight is 479 g/mol. The van der Waals surface area contributed by atoms with Crippen molar-refractivity contribution < 1.29 is 19.0 Å². The number of aliphatic imine (C=N–C) groups is 1. The first kappa shape index (κ1) is 21.5. The zero-order chi connectivity index (χ0) is 21.0. The monoisotopic (exact) mass is 478 g/mol. The molecular weight excluding hydrogens is 456 g/mol. The van der Waals surface area contributed by atoms with Gasteiger partial charge < -0.3 is 19.1 Å². The van der Waals surface area contributed by atoms with Crippen LogP contribution >= 0.6 is 27.7 Å². The summed E-state index contributed by atoms with van der Waals surface area (Å²) in [6.07, 6.45) is 3.60. The molecule has 0 radical (unpaired) electrons. The van der Waals surface area contributed by atoms with E-state index in [0.717, 1.165) is 15.2 Å². The van der Waals surface area contributed by atoms with E-state index in [1.807, 2.05) is 42.5 Å². The second-order valence-corrected chi connectivity index (χ2v) is 7.92. The van der Waals surface area contributed by atoms with Gasteiger partial charge in [0.15, 0.2) is 16.7 Å². The minimum Gasteiger partial charge on any atom is -0.490 e. The number of nitrogens with zero attached hydrogens (tertiary/aromatic N) is 2. The summed E-state index contributed by atoms with van der Waals surface area (Å²) in [5.41, 5.74) is 2.03. The maximum atomic E-state index is 12.8. The summed E-state index contributed by atoms with van der Waals surface area (Å²) in [5.74, 6) is 0.827. The lowest BCUT2D eigenvalue weighted by molar-refractivity contribution is -0.139. The molecule has 6 nitrogen and oxygen atoms in total. The molecule has 0 fully saturated rings. The van der Waals surface area contributed by atoms with Crippen molar-refractivity contribution in [1.82, 2.24) is 4.90 Å². The molecular formula is C21H23BrN2O4S. The molecule has 0 aromatic heterocycles. The summed E-state index contributed by atoms with van der Waals surface area (Å²) in [5, 5.41) is 2.77. The summed E-state index contributed by atoms with van der Waals surface area (Å²) in [6, 6.07) is 3.47. The molecule has 2 aliphatic heterocycles. The van der Waals surface area contributed by atoms with Crippen molar-refractivity contribution in [3.63, 3.8) is 0 Å². The fourth-order valence-electron chi connectivity index (χ4n) is 3.19. The van der Waals surface area contributed by atoms with Crippen LogP contribution in [0.4, 0.5) is 0 Å². The number of ether oxygens (including phenoxy) is 3. The Balaban J connectivity index is 2.12. The Bertz CT molecular complexity index is 910. The first-order valence-corrected chi connectivity index (χ1v) is 11.0. The molecule has 0 aliphatic carbocycles. The topological polar surface area (TPSA) is 60.4 Å². The molecule has 0 saturated carbocycles. The van der Waals surface area contributed by atoms with Gasteiger partial charge in [0.1, 0.15) is 6.61 Å². The molecule has 0 spiro atoms. The summed E-state index contributed by atoms with van der Waals surface area (Å²) < 4.78 is 17.7. The van der Waals surface area contributed by atoms with Crippen LogP contribution in [0.1, 0.15) is 32.4 Å². The van der Waals surface area contributed by atoms with Crippen LogP contribution < -0.4 is 9.47 Å². The maximum Gasteiger partial charge on any atom is 0.338 e. The Morgan fingerprint density at radius 1 is 1.34 bits per heavy atom. The lowest BCUT2D eigenvalue weighted by atomic mass is 9.94. The molecule has 0 bridgehead atoms. The zero-order valence-electron chi connectivity index (χ0n) is 16.6. The fraction of sp³-hybridized carbons (Fsp3) is 0.333. The van der Waals surface area contributed by atoms with Crippen molar-refractivity contribution in [1.29, 1.82) is 0 Å². The van der Waals surface area contributed by atoms with Crippen LogP contribution in [0, 0.1) is 0 Å². The second-order valence-electron chi connectivity index (χ2n) is 6.19. The van der Waals surface area contributed by atoms with Crippen LogP contribution in [0.25, 0.3) is 0 Å². The number of halogens is 1. The van der Waals surface area contributed by atoms with E-state index in [9.17, 15) is 4.79 Å². The molecule has 0 saturated heterocycles. The molecule has 0 unspecified atom stereocenters. The van der Waals surface area contributed by atoms with Gasteiger partial charge >= 0.3 is 5.97 Å². The molecule has 29 heavy (non-hydrogen) atoms. The molecule has 2 aliphatic rings. The molecule has 1 aromatic carbocycles. The third-order valence-corrected chi connectivity index (χ3v) is 5.67. The summed E-state index contributed by atoms with van der Waals surface area (Å²) in [4.78, 5) is 19.4. The van der Waals surface area contributed by atoms with Crippen molar-refractivity contribution in [2.45, 2.75) is 26.8 Å². The van der Waals surface area contributed by atoms with Crippen molar-refractivity contribution >= 4 is 38.8 Å². The molecule has 154 valence electrons. The zero-order valence-corrected chi connectivity index (χ0v) is 19.0. The fourth-order valence-corrected chi connectivity index (χ4v) is 4.55. The minimum atomic E-state index is -0.378. The van der Waals surface area contributed by atoms with Crippen molar-refractivity contribution in [3.05, 3.63) is 57.7 Å². The van der Waals surface area contributed by atoms with Crippen LogP contribution in [0.15, 0.2) is 57.1 Å². The predicted octanol–water partition coefficient (Wildman–Crippen LogP) is 5.18. The highest BCUT2D eigenvalue weighted by Crippen LogP contribution is 2.45. The Morgan fingerprint density at radius 3 is 2.83 bits per heavy atom. The van der Waals surface area contributed by atoms with Gasteiger partial charge in [-0.05, 0) is 59.8 Å². The number of carbonyl (C=O) groups excluding carboxylic acids is 1. The van der Waals surface area contributed by atoms with Gasteiger partial charge in [0, 0.05) is 6.20 Å². The number of fused-ring (bicyclic) bond motifs is 1. The number of thioether (sulfide) groups is 1. The van der Waals surface area contributed by atoms with E-state index in [-0.39, 0.29) is 12.0 Å². The van der Waals surface area contributed by atoms with Gasteiger partial charge in [-0.1, -0.05) is 24.4 Å². The van der Waals surface area contributed by atoms with Gasteiger partial charge in [0.05, 0.1) is 35.0 Å². The van der Waals surface area contributed by atoms with Gasteiger partial charge in [0.25, 0.3) is 0 Å². The average Bonchev–Trinajstić information content (AvgIpc) is 3.14. The number of allylic oxidation sites excluding steroid dienone is 1. The molecule has 0 amide bonds. The molecule has 2 heterocycles. The largest absolute Gasteiger partial charge is 0.490 e. The van der Waals surface area contributed by atoms with Gasteiger partial charge in [0.2, 0.25) is 0 Å². The third kappa shape index (κ3) is 4.38. The van der Waals surface area contributed by atoms with E-state index in [2.05, 4.69) is 27.5 Å². The highest BCUT2D eigenvalue weighted by molar-refractivity contribution is 9.10. The van der Waals surface area contributed by atoms with Gasteiger partial charge in [-0.3, -0.25) is 0 Å². The van der Waals surface area contributed by atoms with E-state index in [1.165, 1.54) is 11.8 Å². The second kappa shape index (κ2) is 9.54. The molecule has 0 N–H and O–H groups in total. The smallest absolute Gasteiger partial charge is 0.338 e. The summed E-state index contributed by atoms with van der Waals surface area (Å²) in [6.45, 7) is 10.4.